The van der Waals surface area contributed by atoms with Gasteiger partial charge in [-0.25, -0.2) is 23.3 Å². The molecule has 0 unspecified atom stereocenters. The molecule has 1 radical (unpaired) electrons. The van der Waals surface area contributed by atoms with Crippen LogP contribution in [0.3, 0.4) is 0 Å². The van der Waals surface area contributed by atoms with Gasteiger partial charge in [0.25, 0.3) is 0 Å². The van der Waals surface area contributed by atoms with Crippen LogP contribution in [0.15, 0.2) is 96.1 Å². The Kier molecular flexibility index (Phi) is 18.7. The van der Waals surface area contributed by atoms with Crippen LogP contribution in [0.25, 0.3) is 0 Å². The predicted octanol–water partition coefficient (Wildman–Crippen LogP) is 7.58. The fraction of sp³-hybridized carbons (Fsp3) is 0.375. The summed E-state index contributed by atoms with van der Waals surface area (Å²) in [6, 6.07) is 21.3. The Bertz CT molecular complexity index is 789. The van der Waals surface area contributed by atoms with Crippen molar-refractivity contribution in [2.75, 3.05) is 0 Å². The van der Waals surface area contributed by atoms with E-state index in [1.54, 1.807) is 0 Å². The molecule has 0 heterocycles. The molecule has 2 aromatic carbocycles. The molecule has 2 heteroatoms. The minimum Gasteiger partial charge on any atom is -0.269 e. The van der Waals surface area contributed by atoms with Crippen molar-refractivity contribution in [2.45, 2.75) is 78.1 Å². The van der Waals surface area contributed by atoms with E-state index in [4.69, 9.17) is 0 Å². The predicted molar refractivity (Wildman–Crippen MR) is 149 cm³/mol. The largest absolute Gasteiger partial charge is 0.269 e. The normalized spacial score (nSPS) is 13.1. The topological polar surface area (TPSA) is 0 Å². The second-order valence-electron chi connectivity index (χ2n) is 8.50. The summed E-state index contributed by atoms with van der Waals surface area (Å²) in [6.07, 6.45) is 28.0. The summed E-state index contributed by atoms with van der Waals surface area (Å²) in [6.45, 7) is 4.48. The third-order valence-corrected chi connectivity index (χ3v) is 7.00. The van der Waals surface area contributed by atoms with Gasteiger partial charge < -0.3 is 0 Å². The van der Waals surface area contributed by atoms with Crippen molar-refractivity contribution in [3.05, 3.63) is 108 Å². The standard InChI is InChI=1S/C12H11Si.2C10H15.Hf/c1-3-7-11(8-4-1)13-12-9-5-2-6-10-12;2*1-2-3-4-7-10-8-5-6-9-10;/h1-10,13H;2*5,8H,2-4,6-7H2,1H3;/q;2*-1;. The number of benzene rings is 2. The van der Waals surface area contributed by atoms with Gasteiger partial charge in [0.2, 0.25) is 0 Å². The van der Waals surface area contributed by atoms with Gasteiger partial charge in [-0.1, -0.05) is 136 Å². The van der Waals surface area contributed by atoms with E-state index in [0.717, 1.165) is 12.8 Å². The summed E-state index contributed by atoms with van der Waals surface area (Å²) in [7, 11) is 0.271. The molecule has 0 aromatic heterocycles. The first-order chi connectivity index (χ1) is 16.3. The van der Waals surface area contributed by atoms with Crippen molar-refractivity contribution in [1.82, 2.24) is 0 Å². The minimum atomic E-state index is 0. The van der Waals surface area contributed by atoms with Crippen molar-refractivity contribution in [3.63, 3.8) is 0 Å². The first kappa shape index (κ1) is 30.5. The fourth-order valence-corrected chi connectivity index (χ4v) is 4.88. The van der Waals surface area contributed by atoms with Crippen LogP contribution in [0.1, 0.15) is 78.1 Å². The van der Waals surface area contributed by atoms with Crippen molar-refractivity contribution in [1.29, 1.82) is 0 Å². The van der Waals surface area contributed by atoms with Crippen LogP contribution in [-0.4, -0.2) is 9.52 Å². The number of hydrogen-bond acceptors (Lipinski definition) is 0. The van der Waals surface area contributed by atoms with E-state index in [9.17, 15) is 0 Å². The van der Waals surface area contributed by atoms with E-state index in [1.165, 1.54) is 72.9 Å². The van der Waals surface area contributed by atoms with Crippen LogP contribution >= 0.6 is 0 Å². The third-order valence-electron chi connectivity index (χ3n) is 5.56. The van der Waals surface area contributed by atoms with Crippen molar-refractivity contribution >= 4 is 19.9 Å². The quantitative estimate of drug-likeness (QED) is 0.144. The molecule has 2 aliphatic rings. The maximum absolute atomic E-state index is 3.32. The molecule has 179 valence electrons. The number of rotatable bonds is 10. The summed E-state index contributed by atoms with van der Waals surface area (Å²) in [4.78, 5) is 0. The number of allylic oxidation sites excluding steroid dienone is 8. The molecular formula is C32H41HfSi-2. The van der Waals surface area contributed by atoms with E-state index < -0.39 is 0 Å². The number of unbranched alkanes of at least 4 members (excludes halogenated alkanes) is 4. The third kappa shape index (κ3) is 14.7. The van der Waals surface area contributed by atoms with Crippen LogP contribution in [0.4, 0.5) is 0 Å². The molecule has 0 spiro atoms. The Balaban J connectivity index is 0.000000255. The summed E-state index contributed by atoms with van der Waals surface area (Å²) in [5.74, 6) is 0. The molecule has 0 amide bonds. The Morgan fingerprint density at radius 3 is 1.35 bits per heavy atom. The molecule has 0 bridgehead atoms. The Labute approximate surface area is 231 Å². The molecule has 0 saturated heterocycles. The van der Waals surface area contributed by atoms with Gasteiger partial charge in [0, 0.05) is 25.8 Å². The molecule has 34 heavy (non-hydrogen) atoms. The first-order valence-electron chi connectivity index (χ1n) is 12.8. The van der Waals surface area contributed by atoms with Crippen LogP contribution < -0.4 is 10.4 Å². The molecular weight excluding hydrogens is 591 g/mol. The van der Waals surface area contributed by atoms with E-state index in [0.29, 0.717) is 0 Å². The van der Waals surface area contributed by atoms with Crippen molar-refractivity contribution in [2.24, 2.45) is 0 Å². The second-order valence-corrected chi connectivity index (χ2v) is 10.1. The molecule has 0 aliphatic heterocycles. The first-order valence-corrected chi connectivity index (χ1v) is 13.9. The molecule has 0 N–H and O–H groups in total. The van der Waals surface area contributed by atoms with Crippen LogP contribution in [0.5, 0.6) is 0 Å². The Hall–Kier alpha value is -1.51. The summed E-state index contributed by atoms with van der Waals surface area (Å²) >= 11 is 0. The second kappa shape index (κ2) is 20.8. The smallest absolute Gasteiger partial charge is 0.103 e. The SMILES string of the molecule is CCCCCC1=[C-]CC=C1.CCCCCC1=[C-]CC=C1.[Hf].c1ccc([SiH]c2ccccc2)cc1. The Morgan fingerprint density at radius 1 is 0.618 bits per heavy atom. The Morgan fingerprint density at radius 2 is 1.03 bits per heavy atom. The number of hydrogen-bond donors (Lipinski definition) is 0. The van der Waals surface area contributed by atoms with Crippen LogP contribution in [0, 0.1) is 12.2 Å². The van der Waals surface area contributed by atoms with Gasteiger partial charge in [0.1, 0.15) is 9.52 Å². The average Bonchev–Trinajstić information content (AvgIpc) is 3.57. The van der Waals surface area contributed by atoms with Crippen LogP contribution in [0.2, 0.25) is 0 Å². The molecule has 0 nitrogen and oxygen atoms in total. The van der Waals surface area contributed by atoms with Gasteiger partial charge in [-0.15, -0.1) is 12.8 Å². The molecule has 2 aromatic rings. The van der Waals surface area contributed by atoms with Gasteiger partial charge in [-0.2, -0.15) is 12.2 Å². The summed E-state index contributed by atoms with van der Waals surface area (Å²) < 4.78 is 0. The van der Waals surface area contributed by atoms with Crippen LogP contribution in [-0.2, 0) is 25.8 Å². The van der Waals surface area contributed by atoms with Gasteiger partial charge in [0.05, 0.1) is 0 Å². The zero-order chi connectivity index (χ0) is 23.4. The maximum atomic E-state index is 3.32. The van der Waals surface area contributed by atoms with Crippen molar-refractivity contribution in [3.8, 4) is 0 Å². The summed E-state index contributed by atoms with van der Waals surface area (Å²) in [5, 5.41) is 2.90. The van der Waals surface area contributed by atoms with Gasteiger partial charge in [-0.3, -0.25) is 12.2 Å². The zero-order valence-electron chi connectivity index (χ0n) is 21.2. The molecule has 0 saturated carbocycles. The van der Waals surface area contributed by atoms with Gasteiger partial charge in [0.15, 0.2) is 0 Å². The monoisotopic (exact) mass is 633 g/mol. The molecule has 4 rings (SSSR count). The van der Waals surface area contributed by atoms with E-state index in [-0.39, 0.29) is 35.4 Å². The van der Waals surface area contributed by atoms with E-state index in [2.05, 4.69) is 111 Å². The molecule has 2 aliphatic carbocycles. The fourth-order valence-electron chi connectivity index (χ4n) is 3.67. The average molecular weight is 632 g/mol. The minimum absolute atomic E-state index is 0. The van der Waals surface area contributed by atoms with E-state index in [1.807, 2.05) is 0 Å². The maximum Gasteiger partial charge on any atom is 0.103 e. The molecule has 0 fully saturated rings. The molecule has 0 atom stereocenters. The van der Waals surface area contributed by atoms with Crippen molar-refractivity contribution < 1.29 is 25.8 Å². The zero-order valence-corrected chi connectivity index (χ0v) is 26.0. The van der Waals surface area contributed by atoms with Gasteiger partial charge in [-0.05, 0) is 0 Å². The van der Waals surface area contributed by atoms with Gasteiger partial charge >= 0.3 is 0 Å². The summed E-state index contributed by atoms with van der Waals surface area (Å²) in [5.41, 5.74) is 2.85. The van der Waals surface area contributed by atoms with E-state index >= 15 is 0 Å².